The monoisotopic (exact) mass is 221 g/mol. The largest absolute Gasteiger partial charge is 0.302 e. The van der Waals surface area contributed by atoms with Crippen LogP contribution in [0.1, 0.15) is 17.9 Å². The van der Waals surface area contributed by atoms with Crippen LogP contribution in [0.3, 0.4) is 0 Å². The van der Waals surface area contributed by atoms with Gasteiger partial charge in [-0.25, -0.2) is 0 Å². The van der Waals surface area contributed by atoms with Crippen molar-refractivity contribution >= 4 is 11.8 Å². The summed E-state index contributed by atoms with van der Waals surface area (Å²) in [5.74, 6) is 2.04. The minimum Gasteiger partial charge on any atom is -0.302 e. The Morgan fingerprint density at radius 3 is 2.87 bits per heavy atom. The number of likely N-dealkylation sites (tertiary alicyclic amines) is 1. The lowest BCUT2D eigenvalue weighted by Crippen LogP contribution is -2.22. The molecule has 1 unspecified atom stereocenters. The van der Waals surface area contributed by atoms with Gasteiger partial charge in [0.15, 0.2) is 0 Å². The molecule has 0 aliphatic carbocycles. The number of thioether (sulfide) groups is 1. The zero-order chi connectivity index (χ0) is 10.5. The molecular weight excluding hydrogens is 202 g/mol. The van der Waals surface area contributed by atoms with Gasteiger partial charge in [0.05, 0.1) is 0 Å². The van der Waals surface area contributed by atoms with Gasteiger partial charge in [0.25, 0.3) is 0 Å². The van der Waals surface area contributed by atoms with E-state index >= 15 is 0 Å². The molecule has 0 spiro atoms. The molecule has 82 valence electrons. The fourth-order valence-electron chi connectivity index (χ4n) is 2.25. The number of rotatable bonds is 4. The topological polar surface area (TPSA) is 3.24 Å². The summed E-state index contributed by atoms with van der Waals surface area (Å²) in [6.07, 6.45) is 3.52. The third kappa shape index (κ3) is 2.99. The van der Waals surface area contributed by atoms with Crippen molar-refractivity contribution in [2.75, 3.05) is 31.6 Å². The maximum atomic E-state index is 2.59. The molecule has 1 aromatic carbocycles. The normalized spacial score (nSPS) is 22.1. The van der Waals surface area contributed by atoms with Crippen molar-refractivity contribution in [3.05, 3.63) is 35.9 Å². The van der Waals surface area contributed by atoms with E-state index in [0.29, 0.717) is 0 Å². The highest BCUT2D eigenvalue weighted by atomic mass is 32.2. The van der Waals surface area contributed by atoms with Crippen molar-refractivity contribution in [3.63, 3.8) is 0 Å². The lowest BCUT2D eigenvalue weighted by atomic mass is 9.99. The van der Waals surface area contributed by atoms with E-state index in [1.165, 1.54) is 37.4 Å². The van der Waals surface area contributed by atoms with Crippen LogP contribution in [0.5, 0.6) is 0 Å². The molecule has 0 amide bonds. The van der Waals surface area contributed by atoms with Crippen LogP contribution in [0.25, 0.3) is 0 Å². The van der Waals surface area contributed by atoms with E-state index in [1.54, 1.807) is 0 Å². The van der Waals surface area contributed by atoms with E-state index in [4.69, 9.17) is 0 Å². The minimum atomic E-state index is 0.771. The summed E-state index contributed by atoms with van der Waals surface area (Å²) in [6, 6.07) is 10.9. The highest BCUT2D eigenvalue weighted by molar-refractivity contribution is 7.98. The minimum absolute atomic E-state index is 0.771. The van der Waals surface area contributed by atoms with Crippen LogP contribution in [0.4, 0.5) is 0 Å². The van der Waals surface area contributed by atoms with Crippen molar-refractivity contribution in [1.82, 2.24) is 4.90 Å². The van der Waals surface area contributed by atoms with E-state index in [2.05, 4.69) is 41.5 Å². The highest BCUT2D eigenvalue weighted by Crippen LogP contribution is 2.26. The van der Waals surface area contributed by atoms with Gasteiger partial charge < -0.3 is 4.90 Å². The molecule has 1 fully saturated rings. The Morgan fingerprint density at radius 1 is 1.33 bits per heavy atom. The van der Waals surface area contributed by atoms with E-state index in [0.717, 1.165) is 5.92 Å². The molecule has 1 heterocycles. The van der Waals surface area contributed by atoms with Gasteiger partial charge in [-0.1, -0.05) is 30.3 Å². The summed E-state index contributed by atoms with van der Waals surface area (Å²) in [6.45, 7) is 3.79. The van der Waals surface area contributed by atoms with Gasteiger partial charge in [-0.05, 0) is 30.7 Å². The predicted octanol–water partition coefficient (Wildman–Crippen LogP) is 2.84. The van der Waals surface area contributed by atoms with E-state index in [-0.39, 0.29) is 0 Å². The molecule has 15 heavy (non-hydrogen) atoms. The Kier molecular flexibility index (Phi) is 4.09. The average molecular weight is 221 g/mol. The highest BCUT2D eigenvalue weighted by Gasteiger charge is 2.22. The number of nitrogens with zero attached hydrogens (tertiary/aromatic N) is 1. The first kappa shape index (κ1) is 11.0. The Bertz CT molecular complexity index is 286. The maximum absolute atomic E-state index is 2.59. The second kappa shape index (κ2) is 5.57. The van der Waals surface area contributed by atoms with Crippen LogP contribution >= 0.6 is 11.8 Å². The average Bonchev–Trinajstić information content (AvgIpc) is 2.76. The Labute approximate surface area is 96.9 Å². The maximum Gasteiger partial charge on any atom is 0.00725 e. The summed E-state index contributed by atoms with van der Waals surface area (Å²) < 4.78 is 0. The molecule has 0 aromatic heterocycles. The fourth-order valence-corrected chi connectivity index (χ4v) is 2.69. The van der Waals surface area contributed by atoms with Crippen LogP contribution in [-0.2, 0) is 0 Å². The molecule has 0 saturated carbocycles. The van der Waals surface area contributed by atoms with Crippen LogP contribution in [0, 0.1) is 0 Å². The van der Waals surface area contributed by atoms with Crippen molar-refractivity contribution in [3.8, 4) is 0 Å². The third-order valence-corrected chi connectivity index (χ3v) is 3.75. The summed E-state index contributed by atoms with van der Waals surface area (Å²) in [5.41, 5.74) is 1.52. The fraction of sp³-hybridized carbons (Fsp3) is 0.538. The molecule has 0 N–H and O–H groups in total. The summed E-state index contributed by atoms with van der Waals surface area (Å²) in [7, 11) is 0. The zero-order valence-electron chi connectivity index (χ0n) is 9.36. The molecule has 1 aromatic rings. The van der Waals surface area contributed by atoms with Crippen LogP contribution < -0.4 is 0 Å². The first-order valence-corrected chi connectivity index (χ1v) is 7.06. The smallest absolute Gasteiger partial charge is 0.00725 e. The molecular formula is C13H19NS. The molecule has 0 bridgehead atoms. The Hall–Kier alpha value is -0.470. The first-order valence-electron chi connectivity index (χ1n) is 5.66. The standard InChI is InChI=1S/C13H19NS/c1-15-10-9-14-8-7-13(11-14)12-5-3-2-4-6-12/h2-6,13H,7-11H2,1H3. The van der Waals surface area contributed by atoms with Gasteiger partial charge in [-0.15, -0.1) is 0 Å². The quantitative estimate of drug-likeness (QED) is 0.769. The third-order valence-electron chi connectivity index (χ3n) is 3.15. The molecule has 2 rings (SSSR count). The van der Waals surface area contributed by atoms with Crippen LogP contribution in [0.15, 0.2) is 30.3 Å². The molecule has 1 atom stereocenters. The van der Waals surface area contributed by atoms with Crippen LogP contribution in [0.2, 0.25) is 0 Å². The SMILES string of the molecule is CSCCN1CCC(c2ccccc2)C1. The summed E-state index contributed by atoms with van der Waals surface area (Å²) in [4.78, 5) is 2.59. The van der Waals surface area contributed by atoms with Crippen molar-refractivity contribution in [1.29, 1.82) is 0 Å². The van der Waals surface area contributed by atoms with Gasteiger partial charge in [-0.2, -0.15) is 11.8 Å². The van der Waals surface area contributed by atoms with E-state index in [9.17, 15) is 0 Å². The first-order chi connectivity index (χ1) is 7.40. The van der Waals surface area contributed by atoms with Crippen molar-refractivity contribution < 1.29 is 0 Å². The number of hydrogen-bond acceptors (Lipinski definition) is 2. The molecule has 1 aliphatic rings. The number of hydrogen-bond donors (Lipinski definition) is 0. The second-order valence-corrected chi connectivity index (χ2v) is 5.18. The zero-order valence-corrected chi connectivity index (χ0v) is 10.2. The second-order valence-electron chi connectivity index (χ2n) is 4.19. The van der Waals surface area contributed by atoms with Crippen molar-refractivity contribution in [2.24, 2.45) is 0 Å². The molecule has 1 aliphatic heterocycles. The molecule has 0 radical (unpaired) electrons. The Morgan fingerprint density at radius 2 is 2.13 bits per heavy atom. The molecule has 2 heteroatoms. The molecule has 1 nitrogen and oxygen atoms in total. The van der Waals surface area contributed by atoms with Gasteiger partial charge in [-0.3, -0.25) is 0 Å². The summed E-state index contributed by atoms with van der Waals surface area (Å²) in [5, 5.41) is 0. The predicted molar refractivity (Wildman–Crippen MR) is 68.6 cm³/mol. The summed E-state index contributed by atoms with van der Waals surface area (Å²) >= 11 is 1.94. The van der Waals surface area contributed by atoms with E-state index in [1.807, 2.05) is 11.8 Å². The van der Waals surface area contributed by atoms with E-state index < -0.39 is 0 Å². The lowest BCUT2D eigenvalue weighted by Gasteiger charge is -2.15. The van der Waals surface area contributed by atoms with Gasteiger partial charge >= 0.3 is 0 Å². The van der Waals surface area contributed by atoms with Gasteiger partial charge in [0, 0.05) is 18.8 Å². The van der Waals surface area contributed by atoms with Gasteiger partial charge in [0.2, 0.25) is 0 Å². The van der Waals surface area contributed by atoms with Crippen molar-refractivity contribution in [2.45, 2.75) is 12.3 Å². The Balaban J connectivity index is 1.87. The lowest BCUT2D eigenvalue weighted by molar-refractivity contribution is 0.357. The molecule has 1 saturated heterocycles. The van der Waals surface area contributed by atoms with Gasteiger partial charge in [0.1, 0.15) is 0 Å². The number of benzene rings is 1. The van der Waals surface area contributed by atoms with Crippen LogP contribution in [-0.4, -0.2) is 36.5 Å².